The van der Waals surface area contributed by atoms with E-state index in [0.29, 0.717) is 16.3 Å². The summed E-state index contributed by atoms with van der Waals surface area (Å²) in [6.07, 6.45) is 0.936. The Labute approximate surface area is 138 Å². The Bertz CT molecular complexity index is 718. The molecule has 8 heteroatoms. The minimum absolute atomic E-state index is 0.0202. The number of hydrogen-bond acceptors (Lipinski definition) is 5. The number of carbonyl (C=O) groups excluding carboxylic acids is 4. The standard InChI is InChI=1S/C16H18N4O4/c1-19-14(22)15(23)20(16(19)24)9-13(21)18-8-12-11-5-3-2-4-10(11)6-7-17-12/h2-5,12,17H,6-9H2,1H3,(H,18,21). The van der Waals surface area contributed by atoms with Gasteiger partial charge in [-0.1, -0.05) is 24.3 Å². The van der Waals surface area contributed by atoms with Crippen LogP contribution in [0.15, 0.2) is 24.3 Å². The molecule has 1 unspecified atom stereocenters. The van der Waals surface area contributed by atoms with Crippen molar-refractivity contribution in [3.8, 4) is 0 Å². The fourth-order valence-corrected chi connectivity index (χ4v) is 2.94. The maximum Gasteiger partial charge on any atom is 0.334 e. The molecule has 1 atom stereocenters. The molecular formula is C16H18N4O4. The summed E-state index contributed by atoms with van der Waals surface area (Å²) >= 11 is 0. The van der Waals surface area contributed by atoms with E-state index in [9.17, 15) is 19.2 Å². The van der Waals surface area contributed by atoms with E-state index >= 15 is 0 Å². The summed E-state index contributed by atoms with van der Waals surface area (Å²) in [6.45, 7) is 0.706. The molecule has 3 rings (SSSR count). The smallest absolute Gasteiger partial charge is 0.334 e. The number of hydrogen-bond donors (Lipinski definition) is 2. The average molecular weight is 330 g/mol. The van der Waals surface area contributed by atoms with Gasteiger partial charge in [0.05, 0.1) is 0 Å². The number of fused-ring (bicyclic) bond motifs is 1. The molecule has 2 aliphatic heterocycles. The molecule has 1 saturated heterocycles. The number of benzene rings is 1. The first-order valence-corrected chi connectivity index (χ1v) is 7.70. The zero-order chi connectivity index (χ0) is 17.3. The van der Waals surface area contributed by atoms with Gasteiger partial charge in [-0.3, -0.25) is 19.3 Å². The summed E-state index contributed by atoms with van der Waals surface area (Å²) in [7, 11) is 1.21. The summed E-state index contributed by atoms with van der Waals surface area (Å²) in [4.78, 5) is 48.2. The first-order valence-electron chi connectivity index (χ1n) is 7.70. The molecule has 5 amide bonds. The molecule has 0 saturated carbocycles. The minimum atomic E-state index is -0.973. The van der Waals surface area contributed by atoms with Gasteiger partial charge in [0.1, 0.15) is 6.54 Å². The van der Waals surface area contributed by atoms with E-state index in [1.165, 1.54) is 12.6 Å². The van der Waals surface area contributed by atoms with E-state index in [1.54, 1.807) is 0 Å². The molecule has 1 aromatic carbocycles. The summed E-state index contributed by atoms with van der Waals surface area (Å²) < 4.78 is 0. The van der Waals surface area contributed by atoms with Crippen LogP contribution in [0.3, 0.4) is 0 Å². The molecule has 2 heterocycles. The van der Waals surface area contributed by atoms with Crippen LogP contribution in [-0.4, -0.2) is 60.2 Å². The molecule has 126 valence electrons. The van der Waals surface area contributed by atoms with Crippen LogP contribution >= 0.6 is 0 Å². The van der Waals surface area contributed by atoms with Crippen LogP contribution in [0.1, 0.15) is 17.2 Å². The van der Waals surface area contributed by atoms with Gasteiger partial charge < -0.3 is 10.6 Å². The SMILES string of the molecule is CN1C(=O)C(=O)N(CC(=O)NCC2NCCc3ccccc32)C1=O. The monoisotopic (exact) mass is 330 g/mol. The summed E-state index contributed by atoms with van der Waals surface area (Å²) in [5, 5.41) is 6.04. The van der Waals surface area contributed by atoms with Crippen molar-refractivity contribution in [3.05, 3.63) is 35.4 Å². The third kappa shape index (κ3) is 2.88. The molecule has 0 radical (unpaired) electrons. The zero-order valence-electron chi connectivity index (χ0n) is 13.2. The van der Waals surface area contributed by atoms with Crippen LogP contribution < -0.4 is 10.6 Å². The second kappa shape index (κ2) is 6.40. The number of nitrogens with zero attached hydrogens (tertiary/aromatic N) is 2. The lowest BCUT2D eigenvalue weighted by Crippen LogP contribution is -2.44. The lowest BCUT2D eigenvalue weighted by molar-refractivity contribution is -0.143. The van der Waals surface area contributed by atoms with Gasteiger partial charge >= 0.3 is 17.8 Å². The average Bonchev–Trinajstić information content (AvgIpc) is 2.78. The number of likely N-dealkylation sites (N-methyl/N-ethyl adjacent to an activating group) is 1. The van der Waals surface area contributed by atoms with Crippen molar-refractivity contribution in [2.45, 2.75) is 12.5 Å². The molecule has 2 aliphatic rings. The quantitative estimate of drug-likeness (QED) is 0.568. The Hall–Kier alpha value is -2.74. The van der Waals surface area contributed by atoms with E-state index < -0.39 is 30.3 Å². The van der Waals surface area contributed by atoms with Crippen LogP contribution in [-0.2, 0) is 20.8 Å². The predicted octanol–water partition coefficient (Wildman–Crippen LogP) is -0.590. The lowest BCUT2D eigenvalue weighted by Gasteiger charge is -2.27. The first kappa shape index (κ1) is 16.1. The third-order valence-electron chi connectivity index (χ3n) is 4.27. The minimum Gasteiger partial charge on any atom is -0.353 e. The van der Waals surface area contributed by atoms with Crippen molar-refractivity contribution in [1.82, 2.24) is 20.4 Å². The van der Waals surface area contributed by atoms with Gasteiger partial charge in [0.15, 0.2) is 0 Å². The molecule has 0 aromatic heterocycles. The highest BCUT2D eigenvalue weighted by Gasteiger charge is 2.43. The van der Waals surface area contributed by atoms with Crippen molar-refractivity contribution in [2.75, 3.05) is 26.7 Å². The Balaban J connectivity index is 1.58. The highest BCUT2D eigenvalue weighted by molar-refractivity contribution is 6.44. The molecule has 1 fully saturated rings. The number of nitrogens with one attached hydrogen (secondary N) is 2. The molecule has 0 bridgehead atoms. The summed E-state index contributed by atoms with van der Waals surface area (Å²) in [5.41, 5.74) is 2.37. The van der Waals surface area contributed by atoms with Crippen LogP contribution in [0.25, 0.3) is 0 Å². The van der Waals surface area contributed by atoms with E-state index in [4.69, 9.17) is 0 Å². The fourth-order valence-electron chi connectivity index (χ4n) is 2.94. The third-order valence-corrected chi connectivity index (χ3v) is 4.27. The number of carbonyl (C=O) groups is 4. The van der Waals surface area contributed by atoms with Crippen molar-refractivity contribution in [1.29, 1.82) is 0 Å². The Morgan fingerprint density at radius 2 is 2.00 bits per heavy atom. The molecule has 24 heavy (non-hydrogen) atoms. The maximum atomic E-state index is 12.0. The Morgan fingerprint density at radius 3 is 2.71 bits per heavy atom. The molecular weight excluding hydrogens is 312 g/mol. The summed E-state index contributed by atoms with van der Waals surface area (Å²) in [6, 6.07) is 7.21. The van der Waals surface area contributed by atoms with Gasteiger partial charge in [0.25, 0.3) is 0 Å². The van der Waals surface area contributed by atoms with Crippen LogP contribution in [0.4, 0.5) is 4.79 Å². The Kier molecular flexibility index (Phi) is 4.30. The lowest BCUT2D eigenvalue weighted by atomic mass is 9.94. The van der Waals surface area contributed by atoms with E-state index in [2.05, 4.69) is 16.7 Å². The topological polar surface area (TPSA) is 98.8 Å². The van der Waals surface area contributed by atoms with E-state index in [-0.39, 0.29) is 6.04 Å². The molecule has 0 spiro atoms. The predicted molar refractivity (Wildman–Crippen MR) is 83.8 cm³/mol. The van der Waals surface area contributed by atoms with E-state index in [0.717, 1.165) is 18.5 Å². The van der Waals surface area contributed by atoms with Gasteiger partial charge in [-0.25, -0.2) is 9.69 Å². The molecule has 8 nitrogen and oxygen atoms in total. The normalized spacial score (nSPS) is 20.4. The van der Waals surface area contributed by atoms with Crippen molar-refractivity contribution >= 4 is 23.8 Å². The second-order valence-electron chi connectivity index (χ2n) is 5.80. The highest BCUT2D eigenvalue weighted by Crippen LogP contribution is 2.21. The van der Waals surface area contributed by atoms with Crippen molar-refractivity contribution in [2.24, 2.45) is 0 Å². The van der Waals surface area contributed by atoms with Gasteiger partial charge in [-0.05, 0) is 24.1 Å². The van der Waals surface area contributed by atoms with Gasteiger partial charge in [0, 0.05) is 19.6 Å². The van der Waals surface area contributed by atoms with Crippen LogP contribution in [0.2, 0.25) is 0 Å². The first-order chi connectivity index (χ1) is 11.5. The van der Waals surface area contributed by atoms with E-state index in [1.807, 2.05) is 18.2 Å². The zero-order valence-corrected chi connectivity index (χ0v) is 13.2. The highest BCUT2D eigenvalue weighted by atomic mass is 16.2. The van der Waals surface area contributed by atoms with Gasteiger partial charge in [0.2, 0.25) is 5.91 Å². The van der Waals surface area contributed by atoms with Crippen LogP contribution in [0.5, 0.6) is 0 Å². The number of urea groups is 1. The summed E-state index contributed by atoms with van der Waals surface area (Å²) in [5.74, 6) is -2.38. The van der Waals surface area contributed by atoms with Gasteiger partial charge in [-0.15, -0.1) is 0 Å². The van der Waals surface area contributed by atoms with Crippen molar-refractivity contribution < 1.29 is 19.2 Å². The number of amides is 5. The van der Waals surface area contributed by atoms with Crippen LogP contribution in [0, 0.1) is 0 Å². The Morgan fingerprint density at radius 1 is 1.25 bits per heavy atom. The molecule has 1 aromatic rings. The largest absolute Gasteiger partial charge is 0.353 e. The van der Waals surface area contributed by atoms with Gasteiger partial charge in [-0.2, -0.15) is 0 Å². The van der Waals surface area contributed by atoms with Crippen molar-refractivity contribution in [3.63, 3.8) is 0 Å². The fraction of sp³-hybridized carbons (Fsp3) is 0.375. The molecule has 0 aliphatic carbocycles. The second-order valence-corrected chi connectivity index (χ2v) is 5.80. The number of imide groups is 2. The number of rotatable bonds is 4. The molecule has 2 N–H and O–H groups in total. The maximum absolute atomic E-state index is 12.0.